The molecule has 1 heterocycles. The molecule has 0 saturated heterocycles. The topological polar surface area (TPSA) is 34.0 Å². The van der Waals surface area contributed by atoms with Crippen molar-refractivity contribution in [2.24, 2.45) is 0 Å². The average Bonchev–Trinajstić information content (AvgIpc) is 3.21. The molecule has 0 bridgehead atoms. The van der Waals surface area contributed by atoms with E-state index in [0.29, 0.717) is 5.56 Å². The Morgan fingerprint density at radius 1 is 0.794 bits per heavy atom. The van der Waals surface area contributed by atoms with E-state index in [0.717, 1.165) is 39.8 Å². The predicted molar refractivity (Wildman–Crippen MR) is 141 cm³/mol. The van der Waals surface area contributed by atoms with Crippen LogP contribution in [0.2, 0.25) is 0 Å². The Morgan fingerprint density at radius 2 is 1.53 bits per heavy atom. The van der Waals surface area contributed by atoms with E-state index in [1.54, 1.807) is 0 Å². The lowest BCUT2D eigenvalue weighted by Gasteiger charge is -2.19. The molecule has 0 radical (unpaired) electrons. The minimum atomic E-state index is -0.508. The molecule has 1 aromatic heterocycles. The van der Waals surface area contributed by atoms with Gasteiger partial charge in [-0.1, -0.05) is 90.5 Å². The number of fused-ring (bicyclic) bond motifs is 1. The van der Waals surface area contributed by atoms with Gasteiger partial charge in [-0.25, -0.2) is 0 Å². The molecule has 0 saturated carbocycles. The average molecular weight is 445 g/mol. The zero-order valence-electron chi connectivity index (χ0n) is 19.5. The van der Waals surface area contributed by atoms with Crippen molar-refractivity contribution in [1.29, 1.82) is 0 Å². The molecule has 0 aliphatic heterocycles. The molecule has 0 aliphatic carbocycles. The van der Waals surface area contributed by atoms with Crippen molar-refractivity contribution in [2.75, 3.05) is 5.32 Å². The van der Waals surface area contributed by atoms with E-state index >= 15 is 0 Å². The molecule has 1 unspecified atom stereocenters. The van der Waals surface area contributed by atoms with Crippen molar-refractivity contribution in [3.8, 4) is 0 Å². The summed E-state index contributed by atoms with van der Waals surface area (Å²) < 4.78 is 2.24. The van der Waals surface area contributed by atoms with E-state index in [1.165, 1.54) is 5.56 Å². The molecule has 5 aromatic rings. The highest BCUT2D eigenvalue weighted by atomic mass is 16.1. The summed E-state index contributed by atoms with van der Waals surface area (Å²) in [6, 6.07) is 34.3. The lowest BCUT2D eigenvalue weighted by molar-refractivity contribution is 0.0970. The number of aryl methyl sites for hydroxylation is 2. The first-order valence-electron chi connectivity index (χ1n) is 11.6. The summed E-state index contributed by atoms with van der Waals surface area (Å²) >= 11 is 0. The first kappa shape index (κ1) is 21.7. The number of rotatable bonds is 7. The number of carbonyl (C=O) groups excluding carboxylic acids is 1. The van der Waals surface area contributed by atoms with Crippen LogP contribution in [0.3, 0.4) is 0 Å². The number of Topliss-reactive ketones (excluding diaryl/α,β-unsaturated/α-hetero) is 1. The smallest absolute Gasteiger partial charge is 0.189 e. The van der Waals surface area contributed by atoms with Crippen LogP contribution in [0.1, 0.15) is 38.7 Å². The second-order valence-electron chi connectivity index (χ2n) is 8.89. The normalized spacial score (nSPS) is 11.9. The lowest BCUT2D eigenvalue weighted by Crippen LogP contribution is -2.21. The molecule has 1 atom stereocenters. The number of benzene rings is 4. The summed E-state index contributed by atoms with van der Waals surface area (Å²) in [7, 11) is 0. The van der Waals surface area contributed by atoms with Gasteiger partial charge in [-0.3, -0.25) is 4.79 Å². The fourth-order valence-corrected chi connectivity index (χ4v) is 4.49. The summed E-state index contributed by atoms with van der Waals surface area (Å²) in [6.07, 6.45) is 2.14. The fourth-order valence-electron chi connectivity index (χ4n) is 4.49. The van der Waals surface area contributed by atoms with Crippen molar-refractivity contribution < 1.29 is 4.79 Å². The van der Waals surface area contributed by atoms with Crippen molar-refractivity contribution in [3.63, 3.8) is 0 Å². The van der Waals surface area contributed by atoms with Crippen molar-refractivity contribution in [3.05, 3.63) is 137 Å². The van der Waals surface area contributed by atoms with Gasteiger partial charge in [0.2, 0.25) is 0 Å². The van der Waals surface area contributed by atoms with E-state index in [-0.39, 0.29) is 5.78 Å². The van der Waals surface area contributed by atoms with Crippen LogP contribution in [0.5, 0.6) is 0 Å². The molecule has 0 fully saturated rings. The van der Waals surface area contributed by atoms with Gasteiger partial charge in [0.25, 0.3) is 0 Å². The van der Waals surface area contributed by atoms with E-state index in [2.05, 4.69) is 77.6 Å². The Morgan fingerprint density at radius 3 is 2.29 bits per heavy atom. The summed E-state index contributed by atoms with van der Waals surface area (Å²) in [5.74, 6) is 0.0594. The zero-order chi connectivity index (χ0) is 23.5. The van der Waals surface area contributed by atoms with Gasteiger partial charge in [-0.2, -0.15) is 0 Å². The standard InChI is InChI=1S/C31H28N2O/c1-22-15-17-25(18-16-22)31(34)30(32-26-12-8-9-23(2)19-26)28-21-33(20-24-10-4-3-5-11-24)29-14-7-6-13-27(28)29/h3-19,21,30,32H,20H2,1-2H3. The Kier molecular flexibility index (Phi) is 6.01. The number of aromatic nitrogens is 1. The third-order valence-corrected chi connectivity index (χ3v) is 6.25. The number of ketones is 1. The van der Waals surface area contributed by atoms with Gasteiger partial charge in [0.15, 0.2) is 5.78 Å². The van der Waals surface area contributed by atoms with Crippen LogP contribution in [0.25, 0.3) is 10.9 Å². The van der Waals surface area contributed by atoms with Gasteiger partial charge in [0.1, 0.15) is 6.04 Å². The van der Waals surface area contributed by atoms with E-state index in [9.17, 15) is 4.79 Å². The number of nitrogens with one attached hydrogen (secondary N) is 1. The Labute approximate surface area is 200 Å². The maximum absolute atomic E-state index is 13.9. The quantitative estimate of drug-likeness (QED) is 0.266. The number of carbonyl (C=O) groups is 1. The largest absolute Gasteiger partial charge is 0.371 e. The molecule has 0 amide bonds. The molecule has 168 valence electrons. The second-order valence-corrected chi connectivity index (χ2v) is 8.89. The number of anilines is 1. The third kappa shape index (κ3) is 4.51. The monoisotopic (exact) mass is 444 g/mol. The van der Waals surface area contributed by atoms with Crippen molar-refractivity contribution in [2.45, 2.75) is 26.4 Å². The van der Waals surface area contributed by atoms with Crippen molar-refractivity contribution in [1.82, 2.24) is 4.57 Å². The Bertz CT molecular complexity index is 1430. The third-order valence-electron chi connectivity index (χ3n) is 6.25. The maximum Gasteiger partial charge on any atom is 0.189 e. The van der Waals surface area contributed by atoms with Crippen LogP contribution >= 0.6 is 0 Å². The second kappa shape index (κ2) is 9.40. The van der Waals surface area contributed by atoms with Crippen LogP contribution < -0.4 is 5.32 Å². The highest BCUT2D eigenvalue weighted by Crippen LogP contribution is 2.32. The first-order valence-corrected chi connectivity index (χ1v) is 11.6. The molecular formula is C31H28N2O. The number of nitrogens with zero attached hydrogens (tertiary/aromatic N) is 1. The molecular weight excluding hydrogens is 416 g/mol. The van der Waals surface area contributed by atoms with Crippen LogP contribution in [0.4, 0.5) is 5.69 Å². The predicted octanol–water partition coefficient (Wildman–Crippen LogP) is 7.34. The number of para-hydroxylation sites is 1. The maximum atomic E-state index is 13.9. The Hall–Kier alpha value is -4.11. The van der Waals surface area contributed by atoms with Crippen LogP contribution in [0.15, 0.2) is 109 Å². The zero-order valence-corrected chi connectivity index (χ0v) is 19.5. The van der Waals surface area contributed by atoms with Gasteiger partial charge in [-0.05, 0) is 43.2 Å². The number of hydrogen-bond donors (Lipinski definition) is 1. The molecule has 0 aliphatic rings. The van der Waals surface area contributed by atoms with Crippen molar-refractivity contribution >= 4 is 22.4 Å². The lowest BCUT2D eigenvalue weighted by atomic mass is 9.96. The van der Waals surface area contributed by atoms with E-state index in [1.807, 2.05) is 55.5 Å². The summed E-state index contributed by atoms with van der Waals surface area (Å²) in [5, 5.41) is 4.64. The molecule has 5 rings (SSSR count). The molecule has 4 aromatic carbocycles. The highest BCUT2D eigenvalue weighted by molar-refractivity contribution is 6.04. The highest BCUT2D eigenvalue weighted by Gasteiger charge is 2.26. The minimum absolute atomic E-state index is 0.0594. The SMILES string of the molecule is Cc1ccc(C(=O)C(Nc2cccc(C)c2)c2cn(Cc3ccccc3)c3ccccc23)cc1. The van der Waals surface area contributed by atoms with Gasteiger partial charge in [0, 0.05) is 40.5 Å². The van der Waals surface area contributed by atoms with Gasteiger partial charge in [0.05, 0.1) is 0 Å². The van der Waals surface area contributed by atoms with E-state index in [4.69, 9.17) is 0 Å². The summed E-state index contributed by atoms with van der Waals surface area (Å²) in [6.45, 7) is 4.85. The Balaban J connectivity index is 1.62. The van der Waals surface area contributed by atoms with E-state index < -0.39 is 6.04 Å². The summed E-state index contributed by atoms with van der Waals surface area (Å²) in [4.78, 5) is 13.9. The number of hydrogen-bond acceptors (Lipinski definition) is 2. The van der Waals surface area contributed by atoms with Crippen LogP contribution in [-0.4, -0.2) is 10.4 Å². The van der Waals surface area contributed by atoms with Gasteiger partial charge >= 0.3 is 0 Å². The molecule has 3 heteroatoms. The first-order chi connectivity index (χ1) is 16.6. The van der Waals surface area contributed by atoms with Gasteiger partial charge < -0.3 is 9.88 Å². The van der Waals surface area contributed by atoms with Crippen LogP contribution in [-0.2, 0) is 6.54 Å². The summed E-state index contributed by atoms with van der Waals surface area (Å²) in [5.41, 5.74) is 7.26. The fraction of sp³-hybridized carbons (Fsp3) is 0.129. The molecule has 0 spiro atoms. The minimum Gasteiger partial charge on any atom is -0.371 e. The molecule has 1 N–H and O–H groups in total. The van der Waals surface area contributed by atoms with Gasteiger partial charge in [-0.15, -0.1) is 0 Å². The molecule has 3 nitrogen and oxygen atoms in total. The van der Waals surface area contributed by atoms with Crippen LogP contribution in [0, 0.1) is 13.8 Å². The molecule has 34 heavy (non-hydrogen) atoms.